The SMILES string of the molecule is C=C(/C=C\C=C(/C)c1cccc(/C=N\O)n1)/C=N\O. The van der Waals surface area contributed by atoms with E-state index in [0.29, 0.717) is 11.3 Å². The van der Waals surface area contributed by atoms with Gasteiger partial charge in [-0.2, -0.15) is 0 Å². The van der Waals surface area contributed by atoms with Gasteiger partial charge in [0.05, 0.1) is 23.8 Å². The molecule has 1 rings (SSSR count). The minimum Gasteiger partial charge on any atom is -0.411 e. The Morgan fingerprint density at radius 1 is 1.32 bits per heavy atom. The smallest absolute Gasteiger partial charge is 0.0918 e. The molecule has 0 saturated carbocycles. The molecular formula is C14H15N3O2. The molecule has 0 saturated heterocycles. The molecule has 98 valence electrons. The van der Waals surface area contributed by atoms with Crippen LogP contribution in [0.3, 0.4) is 0 Å². The fraction of sp³-hybridized carbons (Fsp3) is 0.0714. The molecule has 0 amide bonds. The van der Waals surface area contributed by atoms with Crippen molar-refractivity contribution in [3.8, 4) is 0 Å². The summed E-state index contributed by atoms with van der Waals surface area (Å²) in [6, 6.07) is 5.43. The maximum atomic E-state index is 8.46. The van der Waals surface area contributed by atoms with Gasteiger partial charge in [-0.15, -0.1) is 0 Å². The summed E-state index contributed by atoms with van der Waals surface area (Å²) >= 11 is 0. The Hall–Kier alpha value is -2.69. The van der Waals surface area contributed by atoms with E-state index in [4.69, 9.17) is 10.4 Å². The zero-order chi connectivity index (χ0) is 14.1. The molecule has 0 spiro atoms. The van der Waals surface area contributed by atoms with Crippen molar-refractivity contribution in [3.05, 3.63) is 60.0 Å². The molecule has 0 aliphatic carbocycles. The van der Waals surface area contributed by atoms with Crippen LogP contribution in [-0.2, 0) is 0 Å². The van der Waals surface area contributed by atoms with Crippen molar-refractivity contribution in [2.75, 3.05) is 0 Å². The fourth-order valence-electron chi connectivity index (χ4n) is 1.32. The van der Waals surface area contributed by atoms with Gasteiger partial charge in [0.15, 0.2) is 0 Å². The van der Waals surface area contributed by atoms with E-state index >= 15 is 0 Å². The van der Waals surface area contributed by atoms with Crippen LogP contribution in [0.5, 0.6) is 0 Å². The average Bonchev–Trinajstić information content (AvgIpc) is 2.39. The monoisotopic (exact) mass is 257 g/mol. The number of hydrogen-bond donors (Lipinski definition) is 2. The maximum absolute atomic E-state index is 8.46. The molecule has 0 atom stereocenters. The van der Waals surface area contributed by atoms with Gasteiger partial charge in [-0.25, -0.2) is 4.98 Å². The van der Waals surface area contributed by atoms with Crippen molar-refractivity contribution in [3.63, 3.8) is 0 Å². The molecule has 1 aromatic rings. The van der Waals surface area contributed by atoms with Crippen molar-refractivity contribution in [1.29, 1.82) is 0 Å². The van der Waals surface area contributed by atoms with Crippen molar-refractivity contribution < 1.29 is 10.4 Å². The molecular weight excluding hydrogens is 242 g/mol. The maximum Gasteiger partial charge on any atom is 0.0918 e. The van der Waals surface area contributed by atoms with Gasteiger partial charge in [0.1, 0.15) is 0 Å². The highest BCUT2D eigenvalue weighted by Gasteiger charge is 1.97. The van der Waals surface area contributed by atoms with Crippen molar-refractivity contribution in [2.45, 2.75) is 6.92 Å². The quantitative estimate of drug-likeness (QED) is 0.368. The highest BCUT2D eigenvalue weighted by molar-refractivity contribution is 5.81. The van der Waals surface area contributed by atoms with E-state index in [1.54, 1.807) is 18.2 Å². The van der Waals surface area contributed by atoms with Crippen LogP contribution in [0.4, 0.5) is 0 Å². The fourth-order valence-corrected chi connectivity index (χ4v) is 1.32. The van der Waals surface area contributed by atoms with Crippen LogP contribution in [0.15, 0.2) is 58.9 Å². The molecule has 2 N–H and O–H groups in total. The van der Waals surface area contributed by atoms with E-state index in [-0.39, 0.29) is 0 Å². The zero-order valence-corrected chi connectivity index (χ0v) is 10.6. The minimum atomic E-state index is 0.577. The summed E-state index contributed by atoms with van der Waals surface area (Å²) in [6.45, 7) is 5.58. The lowest BCUT2D eigenvalue weighted by molar-refractivity contribution is 0.321. The standard InChI is InChI=1S/C14H15N3O2/c1-11(9-15-18)5-3-6-12(2)14-8-4-7-13(17-14)10-16-19/h3-10,18-19H,1H2,2H3/b5-3-,12-6+,15-9-,16-10-. The Labute approximate surface area is 111 Å². The molecule has 0 bridgehead atoms. The average molecular weight is 257 g/mol. The first-order chi connectivity index (χ1) is 9.17. The number of oxime groups is 2. The molecule has 19 heavy (non-hydrogen) atoms. The van der Waals surface area contributed by atoms with Crippen molar-refractivity contribution in [1.82, 2.24) is 4.98 Å². The predicted octanol–water partition coefficient (Wildman–Crippen LogP) is 2.87. The van der Waals surface area contributed by atoms with E-state index in [9.17, 15) is 0 Å². The van der Waals surface area contributed by atoms with Gasteiger partial charge in [-0.05, 0) is 30.2 Å². The van der Waals surface area contributed by atoms with Gasteiger partial charge < -0.3 is 10.4 Å². The normalized spacial score (nSPS) is 12.8. The lowest BCUT2D eigenvalue weighted by Gasteiger charge is -2.00. The highest BCUT2D eigenvalue weighted by Crippen LogP contribution is 2.11. The predicted molar refractivity (Wildman–Crippen MR) is 75.8 cm³/mol. The lowest BCUT2D eigenvalue weighted by atomic mass is 10.1. The van der Waals surface area contributed by atoms with E-state index in [1.807, 2.05) is 25.1 Å². The van der Waals surface area contributed by atoms with Gasteiger partial charge in [0, 0.05) is 0 Å². The lowest BCUT2D eigenvalue weighted by Crippen LogP contribution is -1.92. The Kier molecular flexibility index (Phi) is 5.75. The van der Waals surface area contributed by atoms with Crippen molar-refractivity contribution >= 4 is 18.0 Å². The first-order valence-electron chi connectivity index (χ1n) is 5.53. The summed E-state index contributed by atoms with van der Waals surface area (Å²) in [5, 5.41) is 22.6. The number of rotatable bonds is 5. The van der Waals surface area contributed by atoms with Crippen molar-refractivity contribution in [2.24, 2.45) is 10.3 Å². The second kappa shape index (κ2) is 7.60. The molecule has 0 aliphatic rings. The van der Waals surface area contributed by atoms with Gasteiger partial charge >= 0.3 is 0 Å². The molecule has 0 fully saturated rings. The van der Waals surface area contributed by atoms with Crippen LogP contribution in [0.1, 0.15) is 18.3 Å². The Morgan fingerprint density at radius 3 is 2.79 bits per heavy atom. The molecule has 0 unspecified atom stereocenters. The third-order valence-corrected chi connectivity index (χ3v) is 2.24. The van der Waals surface area contributed by atoms with E-state index in [2.05, 4.69) is 21.9 Å². The van der Waals surface area contributed by atoms with Crippen LogP contribution in [0.25, 0.3) is 5.57 Å². The first-order valence-corrected chi connectivity index (χ1v) is 5.53. The molecule has 1 heterocycles. The number of allylic oxidation sites excluding steroid dienone is 5. The second-order valence-electron chi connectivity index (χ2n) is 3.72. The molecule has 0 radical (unpaired) electrons. The Bertz CT molecular complexity index is 558. The number of pyridine rings is 1. The minimum absolute atomic E-state index is 0.577. The topological polar surface area (TPSA) is 78.1 Å². The molecule has 5 nitrogen and oxygen atoms in total. The second-order valence-corrected chi connectivity index (χ2v) is 3.72. The number of aromatic nitrogens is 1. The molecule has 0 aromatic carbocycles. The third-order valence-electron chi connectivity index (χ3n) is 2.24. The van der Waals surface area contributed by atoms with Crippen LogP contribution in [-0.4, -0.2) is 27.8 Å². The number of hydrogen-bond acceptors (Lipinski definition) is 5. The third kappa shape index (κ3) is 4.99. The summed E-state index contributed by atoms with van der Waals surface area (Å²) in [5.41, 5.74) is 2.89. The van der Waals surface area contributed by atoms with Gasteiger partial charge in [0.2, 0.25) is 0 Å². The van der Waals surface area contributed by atoms with E-state index in [0.717, 1.165) is 11.3 Å². The Morgan fingerprint density at radius 2 is 2.11 bits per heavy atom. The summed E-state index contributed by atoms with van der Waals surface area (Å²) < 4.78 is 0. The molecule has 0 aliphatic heterocycles. The van der Waals surface area contributed by atoms with Gasteiger partial charge in [-0.1, -0.05) is 41.2 Å². The van der Waals surface area contributed by atoms with E-state index in [1.165, 1.54) is 12.4 Å². The summed E-state index contributed by atoms with van der Waals surface area (Å²) in [4.78, 5) is 4.30. The highest BCUT2D eigenvalue weighted by atomic mass is 16.4. The molecule has 5 heteroatoms. The summed E-state index contributed by atoms with van der Waals surface area (Å²) in [5.74, 6) is 0. The largest absolute Gasteiger partial charge is 0.411 e. The van der Waals surface area contributed by atoms with Gasteiger partial charge in [0.25, 0.3) is 0 Å². The summed E-state index contributed by atoms with van der Waals surface area (Å²) in [6.07, 6.45) is 7.87. The first kappa shape index (κ1) is 14.4. The number of nitrogens with zero attached hydrogens (tertiary/aromatic N) is 3. The zero-order valence-electron chi connectivity index (χ0n) is 10.6. The van der Waals surface area contributed by atoms with Gasteiger partial charge in [-0.3, -0.25) is 0 Å². The van der Waals surface area contributed by atoms with Crippen LogP contribution in [0.2, 0.25) is 0 Å². The Balaban J connectivity index is 2.84. The van der Waals surface area contributed by atoms with Crippen LogP contribution >= 0.6 is 0 Å². The van der Waals surface area contributed by atoms with Crippen LogP contribution in [0, 0.1) is 0 Å². The molecule has 1 aromatic heterocycles. The summed E-state index contributed by atoms with van der Waals surface area (Å²) in [7, 11) is 0. The van der Waals surface area contributed by atoms with Crippen LogP contribution < -0.4 is 0 Å². The van der Waals surface area contributed by atoms with E-state index < -0.39 is 0 Å².